The molecule has 0 aromatic heterocycles. The van der Waals surface area contributed by atoms with E-state index in [4.69, 9.17) is 14.2 Å². The van der Waals surface area contributed by atoms with Gasteiger partial charge in [0, 0.05) is 12.2 Å². The summed E-state index contributed by atoms with van der Waals surface area (Å²) < 4.78 is 16.6. The minimum atomic E-state index is -0.318. The summed E-state index contributed by atoms with van der Waals surface area (Å²) in [6, 6.07) is 0. The molecule has 0 aromatic rings. The molecular formula is C15H26O4S. The number of thioether (sulfide) groups is 1. The molecule has 1 unspecified atom stereocenters. The molecule has 4 nitrogen and oxygen atoms in total. The Balaban J connectivity index is 2.12. The van der Waals surface area contributed by atoms with Crippen molar-refractivity contribution < 1.29 is 19.0 Å². The molecule has 0 N–H and O–H groups in total. The molecule has 0 bridgehead atoms. The lowest BCUT2D eigenvalue weighted by atomic mass is 10.2. The van der Waals surface area contributed by atoms with Crippen molar-refractivity contribution in [2.45, 2.75) is 57.7 Å². The van der Waals surface area contributed by atoms with Gasteiger partial charge in [0.05, 0.1) is 6.61 Å². The van der Waals surface area contributed by atoms with Crippen molar-refractivity contribution in [2.75, 3.05) is 19.0 Å². The second-order valence-corrected chi connectivity index (χ2v) is 7.11. The predicted molar refractivity (Wildman–Crippen MR) is 81.6 cm³/mol. The van der Waals surface area contributed by atoms with E-state index in [2.05, 4.69) is 20.4 Å². The van der Waals surface area contributed by atoms with Gasteiger partial charge in [0.15, 0.2) is 6.29 Å². The van der Waals surface area contributed by atoms with Gasteiger partial charge in [-0.1, -0.05) is 6.58 Å². The van der Waals surface area contributed by atoms with E-state index in [0.717, 1.165) is 31.6 Å². The fourth-order valence-corrected chi connectivity index (χ4v) is 2.75. The second-order valence-electron chi connectivity index (χ2n) is 5.43. The third kappa shape index (κ3) is 7.31. The standard InChI is InChI=1S/C15H26O4S/c1-12(2)14(16)18-10-7-11-20-15(3,4)19-13-8-5-6-9-17-13/h13H,1,5-11H2,2-4H3. The molecular weight excluding hydrogens is 276 g/mol. The third-order valence-corrected chi connectivity index (χ3v) is 4.16. The largest absolute Gasteiger partial charge is 0.462 e. The minimum absolute atomic E-state index is 0.0764. The van der Waals surface area contributed by atoms with E-state index in [1.165, 1.54) is 6.42 Å². The topological polar surface area (TPSA) is 44.8 Å². The summed E-state index contributed by atoms with van der Waals surface area (Å²) in [7, 11) is 0. The van der Waals surface area contributed by atoms with Crippen molar-refractivity contribution in [3.05, 3.63) is 12.2 Å². The normalized spacial score (nSPS) is 19.6. The molecule has 1 atom stereocenters. The SMILES string of the molecule is C=C(C)C(=O)OCCCSC(C)(C)OC1CCCCO1. The summed E-state index contributed by atoms with van der Waals surface area (Å²) in [4.78, 5) is 10.9. The fraction of sp³-hybridized carbons (Fsp3) is 0.800. The fourth-order valence-electron chi connectivity index (χ4n) is 1.82. The molecule has 1 saturated heterocycles. The highest BCUT2D eigenvalue weighted by atomic mass is 32.2. The lowest BCUT2D eigenvalue weighted by Crippen LogP contribution is -2.32. The van der Waals surface area contributed by atoms with Crippen LogP contribution in [0.15, 0.2) is 12.2 Å². The highest BCUT2D eigenvalue weighted by molar-refractivity contribution is 8.00. The van der Waals surface area contributed by atoms with Crippen LogP contribution in [0.4, 0.5) is 0 Å². The van der Waals surface area contributed by atoms with Crippen LogP contribution in [0, 0.1) is 0 Å². The van der Waals surface area contributed by atoms with Crippen LogP contribution in [-0.4, -0.2) is 36.2 Å². The lowest BCUT2D eigenvalue weighted by molar-refractivity contribution is -0.190. The molecule has 5 heteroatoms. The van der Waals surface area contributed by atoms with Crippen LogP contribution in [0.5, 0.6) is 0 Å². The van der Waals surface area contributed by atoms with E-state index >= 15 is 0 Å². The van der Waals surface area contributed by atoms with Gasteiger partial charge < -0.3 is 14.2 Å². The van der Waals surface area contributed by atoms with Crippen LogP contribution in [0.1, 0.15) is 46.5 Å². The first-order valence-corrected chi connectivity index (χ1v) is 8.15. The van der Waals surface area contributed by atoms with E-state index in [-0.39, 0.29) is 17.2 Å². The zero-order valence-electron chi connectivity index (χ0n) is 12.8. The Labute approximate surface area is 126 Å². The van der Waals surface area contributed by atoms with Crippen molar-refractivity contribution in [1.29, 1.82) is 0 Å². The molecule has 0 aromatic carbocycles. The first-order chi connectivity index (χ1) is 9.41. The predicted octanol–water partition coefficient (Wildman–Crippen LogP) is 3.51. The van der Waals surface area contributed by atoms with Gasteiger partial charge in [0.25, 0.3) is 0 Å². The van der Waals surface area contributed by atoms with E-state index in [1.54, 1.807) is 18.7 Å². The second kappa shape index (κ2) is 8.70. The highest BCUT2D eigenvalue weighted by Crippen LogP contribution is 2.30. The molecule has 0 aliphatic carbocycles. The summed E-state index contributed by atoms with van der Waals surface area (Å²) in [6.07, 6.45) is 4.00. The first-order valence-electron chi connectivity index (χ1n) is 7.17. The van der Waals surface area contributed by atoms with E-state index in [0.29, 0.717) is 12.2 Å². The lowest BCUT2D eigenvalue weighted by Gasteiger charge is -2.32. The van der Waals surface area contributed by atoms with Gasteiger partial charge in [-0.3, -0.25) is 0 Å². The van der Waals surface area contributed by atoms with Crippen molar-refractivity contribution in [3.63, 3.8) is 0 Å². The van der Waals surface area contributed by atoms with Crippen LogP contribution in [0.25, 0.3) is 0 Å². The molecule has 20 heavy (non-hydrogen) atoms. The van der Waals surface area contributed by atoms with E-state index in [1.807, 2.05) is 0 Å². The monoisotopic (exact) mass is 302 g/mol. The van der Waals surface area contributed by atoms with Crippen molar-refractivity contribution >= 4 is 17.7 Å². The molecule has 0 radical (unpaired) electrons. The Morgan fingerprint density at radius 2 is 2.20 bits per heavy atom. The van der Waals surface area contributed by atoms with Gasteiger partial charge in [0.1, 0.15) is 4.93 Å². The van der Waals surface area contributed by atoms with Crippen LogP contribution in [-0.2, 0) is 19.0 Å². The zero-order valence-corrected chi connectivity index (χ0v) is 13.6. The van der Waals surface area contributed by atoms with Crippen LogP contribution in [0.2, 0.25) is 0 Å². The van der Waals surface area contributed by atoms with Crippen molar-refractivity contribution in [3.8, 4) is 0 Å². The number of carbonyl (C=O) groups excluding carboxylic acids is 1. The Bertz CT molecular complexity index is 322. The summed E-state index contributed by atoms with van der Waals surface area (Å²) in [6.45, 7) is 10.5. The summed E-state index contributed by atoms with van der Waals surface area (Å²) >= 11 is 1.72. The van der Waals surface area contributed by atoms with Crippen LogP contribution < -0.4 is 0 Å². The zero-order chi connectivity index (χ0) is 15.0. The third-order valence-electron chi connectivity index (χ3n) is 2.87. The Morgan fingerprint density at radius 1 is 1.45 bits per heavy atom. The van der Waals surface area contributed by atoms with Gasteiger partial charge >= 0.3 is 5.97 Å². The number of hydrogen-bond donors (Lipinski definition) is 0. The summed E-state index contributed by atoms with van der Waals surface area (Å²) in [5, 5.41) is 0. The van der Waals surface area contributed by atoms with Crippen molar-refractivity contribution in [2.24, 2.45) is 0 Å². The van der Waals surface area contributed by atoms with E-state index in [9.17, 15) is 4.79 Å². The molecule has 0 amide bonds. The molecule has 1 fully saturated rings. The van der Waals surface area contributed by atoms with Gasteiger partial charge in [0.2, 0.25) is 0 Å². The number of rotatable bonds is 8. The molecule has 0 saturated carbocycles. The maximum Gasteiger partial charge on any atom is 0.333 e. The molecule has 116 valence electrons. The molecule has 1 rings (SSSR count). The van der Waals surface area contributed by atoms with Gasteiger partial charge in [-0.2, -0.15) is 0 Å². The van der Waals surface area contributed by atoms with Crippen LogP contribution >= 0.6 is 11.8 Å². The first kappa shape index (κ1) is 17.5. The average molecular weight is 302 g/mol. The quantitative estimate of drug-likeness (QED) is 0.297. The summed E-state index contributed by atoms with van der Waals surface area (Å²) in [5.41, 5.74) is 0.441. The number of hydrogen-bond acceptors (Lipinski definition) is 5. The summed E-state index contributed by atoms with van der Waals surface area (Å²) in [5.74, 6) is 0.560. The Hall–Kier alpha value is -0.520. The van der Waals surface area contributed by atoms with Gasteiger partial charge in [-0.15, -0.1) is 11.8 Å². The highest BCUT2D eigenvalue weighted by Gasteiger charge is 2.25. The minimum Gasteiger partial charge on any atom is -0.462 e. The molecule has 0 spiro atoms. The molecule has 1 aliphatic heterocycles. The van der Waals surface area contributed by atoms with Gasteiger partial charge in [-0.05, 0) is 52.2 Å². The number of carbonyl (C=O) groups is 1. The maximum absolute atomic E-state index is 11.2. The van der Waals surface area contributed by atoms with E-state index < -0.39 is 0 Å². The smallest absolute Gasteiger partial charge is 0.333 e. The Morgan fingerprint density at radius 3 is 2.80 bits per heavy atom. The molecule has 1 aliphatic rings. The molecule has 1 heterocycles. The number of esters is 1. The Kier molecular flexibility index (Phi) is 7.62. The number of ether oxygens (including phenoxy) is 3. The maximum atomic E-state index is 11.2. The van der Waals surface area contributed by atoms with Gasteiger partial charge in [-0.25, -0.2) is 4.79 Å². The van der Waals surface area contributed by atoms with Crippen molar-refractivity contribution in [1.82, 2.24) is 0 Å². The van der Waals surface area contributed by atoms with Crippen LogP contribution in [0.3, 0.4) is 0 Å². The average Bonchev–Trinajstić information content (AvgIpc) is 2.38.